The van der Waals surface area contributed by atoms with Crippen LogP contribution in [0.1, 0.15) is 23.7 Å². The first kappa shape index (κ1) is 19.4. The predicted octanol–water partition coefficient (Wildman–Crippen LogP) is 1.74. The second kappa shape index (κ2) is 11.0. The van der Waals surface area contributed by atoms with E-state index >= 15 is 0 Å². The molecule has 128 valence electrons. The van der Waals surface area contributed by atoms with Gasteiger partial charge in [-0.15, -0.1) is 0 Å². The Morgan fingerprint density at radius 1 is 1.22 bits per heavy atom. The summed E-state index contributed by atoms with van der Waals surface area (Å²) in [6, 6.07) is 6.74. The Bertz CT molecular complexity index is 509. The number of benzene rings is 1. The maximum absolute atomic E-state index is 12.6. The number of esters is 1. The SMILES string of the molecule is CCOC(=O)CCN(CCOCCO)C(=O)c1ccccc1Cl. The molecule has 0 atom stereocenters. The number of aliphatic hydroxyl groups is 1. The number of ether oxygens (including phenoxy) is 2. The number of carbonyl (C=O) groups is 2. The van der Waals surface area contributed by atoms with Crippen molar-refractivity contribution in [1.29, 1.82) is 0 Å². The fourth-order valence-electron chi connectivity index (χ4n) is 1.92. The molecule has 1 aromatic rings. The summed E-state index contributed by atoms with van der Waals surface area (Å²) in [4.78, 5) is 25.6. The number of amides is 1. The van der Waals surface area contributed by atoms with Crippen LogP contribution in [0.2, 0.25) is 5.02 Å². The van der Waals surface area contributed by atoms with Crippen molar-refractivity contribution in [3.05, 3.63) is 34.9 Å². The summed E-state index contributed by atoms with van der Waals surface area (Å²) >= 11 is 6.06. The zero-order valence-electron chi connectivity index (χ0n) is 13.2. The molecule has 1 amide bonds. The van der Waals surface area contributed by atoms with Crippen molar-refractivity contribution in [3.8, 4) is 0 Å². The molecule has 0 spiro atoms. The summed E-state index contributed by atoms with van der Waals surface area (Å²) in [7, 11) is 0. The standard InChI is InChI=1S/C16H22ClNO5/c1-2-23-15(20)7-8-18(9-11-22-12-10-19)16(21)13-5-3-4-6-14(13)17/h3-6,19H,2,7-12H2,1H3. The summed E-state index contributed by atoms with van der Waals surface area (Å²) in [6.07, 6.45) is 0.101. The molecule has 0 aliphatic carbocycles. The zero-order chi connectivity index (χ0) is 17.1. The van der Waals surface area contributed by atoms with Crippen LogP contribution in [-0.4, -0.2) is 61.4 Å². The molecule has 1 aromatic carbocycles. The normalized spacial score (nSPS) is 10.4. The Morgan fingerprint density at radius 3 is 2.61 bits per heavy atom. The first-order valence-electron chi connectivity index (χ1n) is 7.48. The summed E-state index contributed by atoms with van der Waals surface area (Å²) in [5.41, 5.74) is 0.375. The molecule has 0 radical (unpaired) electrons. The molecule has 0 heterocycles. The monoisotopic (exact) mass is 343 g/mol. The minimum Gasteiger partial charge on any atom is -0.466 e. The van der Waals surface area contributed by atoms with Crippen molar-refractivity contribution in [2.45, 2.75) is 13.3 Å². The van der Waals surface area contributed by atoms with Crippen molar-refractivity contribution in [2.75, 3.05) is 39.5 Å². The van der Waals surface area contributed by atoms with Gasteiger partial charge < -0.3 is 19.5 Å². The van der Waals surface area contributed by atoms with Crippen LogP contribution in [0.3, 0.4) is 0 Å². The van der Waals surface area contributed by atoms with Crippen LogP contribution >= 0.6 is 11.6 Å². The van der Waals surface area contributed by atoms with Crippen LogP contribution in [0.5, 0.6) is 0 Å². The number of rotatable bonds is 10. The lowest BCUT2D eigenvalue weighted by Gasteiger charge is -2.23. The largest absolute Gasteiger partial charge is 0.466 e. The van der Waals surface area contributed by atoms with Crippen LogP contribution in [0, 0.1) is 0 Å². The Balaban J connectivity index is 2.70. The van der Waals surface area contributed by atoms with Gasteiger partial charge in [0.2, 0.25) is 0 Å². The van der Waals surface area contributed by atoms with Gasteiger partial charge in [0.15, 0.2) is 0 Å². The minimum absolute atomic E-state index is 0.0821. The minimum atomic E-state index is -0.360. The van der Waals surface area contributed by atoms with E-state index in [0.717, 1.165) is 0 Å². The maximum Gasteiger partial charge on any atom is 0.307 e. The Hall–Kier alpha value is -1.63. The topological polar surface area (TPSA) is 76.1 Å². The van der Waals surface area contributed by atoms with Crippen LogP contribution in [-0.2, 0) is 14.3 Å². The van der Waals surface area contributed by atoms with E-state index in [2.05, 4.69) is 0 Å². The molecule has 0 aliphatic rings. The lowest BCUT2D eigenvalue weighted by atomic mass is 10.2. The van der Waals surface area contributed by atoms with Gasteiger partial charge in [0, 0.05) is 13.1 Å². The van der Waals surface area contributed by atoms with Gasteiger partial charge >= 0.3 is 5.97 Å². The van der Waals surface area contributed by atoms with Crippen molar-refractivity contribution < 1.29 is 24.2 Å². The third kappa shape index (κ3) is 6.99. The molecule has 0 fully saturated rings. The number of aliphatic hydroxyl groups excluding tert-OH is 1. The number of nitrogens with zero attached hydrogens (tertiary/aromatic N) is 1. The molecule has 7 heteroatoms. The van der Waals surface area contributed by atoms with Crippen molar-refractivity contribution >= 4 is 23.5 Å². The van der Waals surface area contributed by atoms with E-state index in [1.54, 1.807) is 31.2 Å². The third-order valence-corrected chi connectivity index (χ3v) is 3.35. The van der Waals surface area contributed by atoms with E-state index in [1.165, 1.54) is 4.90 Å². The van der Waals surface area contributed by atoms with Crippen molar-refractivity contribution in [1.82, 2.24) is 4.90 Å². The van der Waals surface area contributed by atoms with E-state index < -0.39 is 0 Å². The quantitative estimate of drug-likeness (QED) is 0.517. The average molecular weight is 344 g/mol. The van der Waals surface area contributed by atoms with Gasteiger partial charge in [-0.1, -0.05) is 23.7 Å². The van der Waals surface area contributed by atoms with Crippen LogP contribution in [0.4, 0.5) is 0 Å². The van der Waals surface area contributed by atoms with Crippen LogP contribution < -0.4 is 0 Å². The molecule has 23 heavy (non-hydrogen) atoms. The molecule has 0 unspecified atom stereocenters. The Labute approximate surface area is 140 Å². The summed E-state index contributed by atoms with van der Waals surface area (Å²) < 4.78 is 10.1. The van der Waals surface area contributed by atoms with Gasteiger partial charge in [-0.25, -0.2) is 0 Å². The number of halogens is 1. The molecule has 0 bridgehead atoms. The van der Waals surface area contributed by atoms with E-state index in [9.17, 15) is 9.59 Å². The molecule has 0 saturated heterocycles. The zero-order valence-corrected chi connectivity index (χ0v) is 13.9. The van der Waals surface area contributed by atoms with Crippen molar-refractivity contribution in [3.63, 3.8) is 0 Å². The summed E-state index contributed by atoms with van der Waals surface area (Å²) in [6.45, 7) is 2.92. The van der Waals surface area contributed by atoms with E-state index in [1.807, 2.05) is 0 Å². The molecule has 1 N–H and O–H groups in total. The van der Waals surface area contributed by atoms with Gasteiger partial charge in [0.25, 0.3) is 5.91 Å². The maximum atomic E-state index is 12.6. The first-order valence-corrected chi connectivity index (χ1v) is 7.86. The highest BCUT2D eigenvalue weighted by molar-refractivity contribution is 6.33. The smallest absolute Gasteiger partial charge is 0.307 e. The molecule has 6 nitrogen and oxygen atoms in total. The fraction of sp³-hybridized carbons (Fsp3) is 0.500. The third-order valence-electron chi connectivity index (χ3n) is 3.02. The molecule has 0 saturated carbocycles. The van der Waals surface area contributed by atoms with Crippen molar-refractivity contribution in [2.24, 2.45) is 0 Å². The van der Waals surface area contributed by atoms with Crippen LogP contribution in [0.15, 0.2) is 24.3 Å². The highest BCUT2D eigenvalue weighted by atomic mass is 35.5. The highest BCUT2D eigenvalue weighted by Gasteiger charge is 2.19. The Morgan fingerprint density at radius 2 is 1.96 bits per heavy atom. The fourth-order valence-corrected chi connectivity index (χ4v) is 2.14. The summed E-state index contributed by atoms with van der Waals surface area (Å²) in [5, 5.41) is 9.06. The average Bonchev–Trinajstić information content (AvgIpc) is 2.54. The second-order valence-electron chi connectivity index (χ2n) is 4.66. The van der Waals surface area contributed by atoms with Gasteiger partial charge in [0.05, 0.1) is 43.4 Å². The number of hydrogen-bond acceptors (Lipinski definition) is 5. The van der Waals surface area contributed by atoms with Crippen LogP contribution in [0.25, 0.3) is 0 Å². The molecular weight excluding hydrogens is 322 g/mol. The Kier molecular flexibility index (Phi) is 9.28. The lowest BCUT2D eigenvalue weighted by Crippen LogP contribution is -2.36. The van der Waals surface area contributed by atoms with E-state index in [4.69, 9.17) is 26.2 Å². The van der Waals surface area contributed by atoms with Gasteiger partial charge in [-0.2, -0.15) is 0 Å². The molecular formula is C16H22ClNO5. The van der Waals surface area contributed by atoms with Gasteiger partial charge in [0.1, 0.15) is 0 Å². The van der Waals surface area contributed by atoms with Gasteiger partial charge in [-0.05, 0) is 19.1 Å². The van der Waals surface area contributed by atoms with E-state index in [-0.39, 0.29) is 44.7 Å². The predicted molar refractivity (Wildman–Crippen MR) is 86.5 cm³/mol. The molecule has 1 rings (SSSR count). The highest BCUT2D eigenvalue weighted by Crippen LogP contribution is 2.17. The number of hydrogen-bond donors (Lipinski definition) is 1. The van der Waals surface area contributed by atoms with Gasteiger partial charge in [-0.3, -0.25) is 9.59 Å². The molecule has 0 aromatic heterocycles. The first-order chi connectivity index (χ1) is 11.1. The lowest BCUT2D eigenvalue weighted by molar-refractivity contribution is -0.143. The summed E-state index contributed by atoms with van der Waals surface area (Å²) in [5.74, 6) is -0.631. The number of carbonyl (C=O) groups excluding carboxylic acids is 2. The molecule has 0 aliphatic heterocycles. The van der Waals surface area contributed by atoms with E-state index in [0.29, 0.717) is 23.7 Å². The second-order valence-corrected chi connectivity index (χ2v) is 5.07.